The summed E-state index contributed by atoms with van der Waals surface area (Å²) in [4.78, 5) is 11.2. The minimum absolute atomic E-state index is 0.0131. The number of ether oxygens (including phenoxy) is 1. The van der Waals surface area contributed by atoms with Gasteiger partial charge in [-0.05, 0) is 55.1 Å². The van der Waals surface area contributed by atoms with E-state index in [9.17, 15) is 15.0 Å². The molecular weight excluding hydrogens is 436 g/mol. The Morgan fingerprint density at radius 3 is 2.45 bits per heavy atom. The first-order valence-corrected chi connectivity index (χ1v) is 13.6. The topological polar surface area (TPSA) is 66.8 Å². The van der Waals surface area contributed by atoms with Gasteiger partial charge in [0.05, 0.1) is 19.3 Å². The molecule has 0 saturated heterocycles. The quantitative estimate of drug-likeness (QED) is 0.200. The summed E-state index contributed by atoms with van der Waals surface area (Å²) in [5, 5.41) is 21.4. The molecule has 0 aromatic heterocycles. The fourth-order valence-electron chi connectivity index (χ4n) is 5.97. The molecule has 0 spiro atoms. The van der Waals surface area contributed by atoms with Crippen molar-refractivity contribution < 1.29 is 19.7 Å². The summed E-state index contributed by atoms with van der Waals surface area (Å²) >= 11 is 6.65. The minimum Gasteiger partial charge on any atom is -0.469 e. The van der Waals surface area contributed by atoms with E-state index in [2.05, 4.69) is 12.1 Å². The fourth-order valence-corrected chi connectivity index (χ4v) is 6.44. The number of hydrogen-bond acceptors (Lipinski definition) is 4. The molecule has 0 aliphatic heterocycles. The van der Waals surface area contributed by atoms with E-state index in [1.807, 2.05) is 12.1 Å². The maximum absolute atomic E-state index is 11.2. The van der Waals surface area contributed by atoms with Crippen molar-refractivity contribution in [2.75, 3.05) is 7.11 Å². The standard InChI is InChI=1S/C28H43ClO4/c1-33-27(32)12-8-3-2-7-11-23-24(29)19-26(31)28(23)22-16-14-21(15-17-22)25(30)18-13-20-9-5-4-6-10-20/h14-17,20,23-26,28,30-31H,2-13,18-19H2,1H3/t23-,24+,25?,26+,28+/m0/s1. The van der Waals surface area contributed by atoms with Crippen molar-refractivity contribution in [1.29, 1.82) is 0 Å². The van der Waals surface area contributed by atoms with Crippen molar-refractivity contribution >= 4 is 17.6 Å². The SMILES string of the molecule is COC(=O)CCCCCC[C@@H]1[C@@H](c2ccc(C(O)CCC3CCCCC3)cc2)[C@H](O)C[C@H]1Cl. The zero-order chi connectivity index (χ0) is 23.6. The third kappa shape index (κ3) is 7.97. The van der Waals surface area contributed by atoms with Crippen molar-refractivity contribution in [3.63, 3.8) is 0 Å². The smallest absolute Gasteiger partial charge is 0.305 e. The first-order chi connectivity index (χ1) is 16.0. The number of rotatable bonds is 12. The number of aliphatic hydroxyl groups is 2. The molecule has 3 rings (SSSR count). The zero-order valence-electron chi connectivity index (χ0n) is 20.3. The van der Waals surface area contributed by atoms with Crippen LogP contribution >= 0.6 is 11.6 Å². The third-order valence-corrected chi connectivity index (χ3v) is 8.48. The van der Waals surface area contributed by atoms with Gasteiger partial charge in [-0.3, -0.25) is 4.79 Å². The number of carbonyl (C=O) groups excluding carboxylic acids is 1. The average Bonchev–Trinajstić information content (AvgIpc) is 3.12. The van der Waals surface area contributed by atoms with E-state index in [1.165, 1.54) is 39.2 Å². The maximum Gasteiger partial charge on any atom is 0.305 e. The lowest BCUT2D eigenvalue weighted by atomic mass is 9.83. The molecule has 2 saturated carbocycles. The van der Waals surface area contributed by atoms with Gasteiger partial charge in [-0.25, -0.2) is 0 Å². The number of methoxy groups -OCH3 is 1. The molecule has 2 aliphatic rings. The number of unbranched alkanes of at least 4 members (excludes halogenated alkanes) is 3. The normalized spacial score (nSPS) is 26.9. The molecule has 2 fully saturated rings. The predicted octanol–water partition coefficient (Wildman–Crippen LogP) is 6.67. The van der Waals surface area contributed by atoms with E-state index in [0.29, 0.717) is 12.8 Å². The number of alkyl halides is 1. The molecule has 0 amide bonds. The lowest BCUT2D eigenvalue weighted by Gasteiger charge is -2.25. The van der Waals surface area contributed by atoms with E-state index in [4.69, 9.17) is 16.3 Å². The van der Waals surface area contributed by atoms with Gasteiger partial charge in [0.25, 0.3) is 0 Å². The Morgan fingerprint density at radius 2 is 1.76 bits per heavy atom. The predicted molar refractivity (Wildman–Crippen MR) is 133 cm³/mol. The molecule has 1 aromatic rings. The first kappa shape index (κ1) is 26.5. The van der Waals surface area contributed by atoms with Gasteiger partial charge in [0.1, 0.15) is 0 Å². The van der Waals surface area contributed by atoms with Crippen molar-refractivity contribution in [1.82, 2.24) is 0 Å². The van der Waals surface area contributed by atoms with E-state index in [1.54, 1.807) is 0 Å². The summed E-state index contributed by atoms with van der Waals surface area (Å²) in [5.41, 5.74) is 2.11. The lowest BCUT2D eigenvalue weighted by Crippen LogP contribution is -2.19. The number of hydrogen-bond donors (Lipinski definition) is 2. The highest BCUT2D eigenvalue weighted by atomic mass is 35.5. The molecule has 4 nitrogen and oxygen atoms in total. The van der Waals surface area contributed by atoms with E-state index < -0.39 is 12.2 Å². The Kier molecular flexibility index (Phi) is 11.0. The van der Waals surface area contributed by atoms with Gasteiger partial charge >= 0.3 is 5.97 Å². The second kappa shape index (κ2) is 13.7. The van der Waals surface area contributed by atoms with Crippen LogP contribution in [0.15, 0.2) is 24.3 Å². The third-order valence-electron chi connectivity index (χ3n) is 7.98. The fraction of sp³-hybridized carbons (Fsp3) is 0.750. The van der Waals surface area contributed by atoms with Crippen LogP contribution in [0, 0.1) is 11.8 Å². The van der Waals surface area contributed by atoms with Crippen molar-refractivity contribution in [3.8, 4) is 0 Å². The van der Waals surface area contributed by atoms with Crippen molar-refractivity contribution in [3.05, 3.63) is 35.4 Å². The molecule has 0 heterocycles. The van der Waals surface area contributed by atoms with Gasteiger partial charge in [-0.1, -0.05) is 75.6 Å². The van der Waals surface area contributed by atoms with Crippen LogP contribution < -0.4 is 0 Å². The highest BCUT2D eigenvalue weighted by Crippen LogP contribution is 2.45. The summed E-state index contributed by atoms with van der Waals surface area (Å²) in [6, 6.07) is 8.26. The van der Waals surface area contributed by atoms with Crippen LogP contribution in [0.3, 0.4) is 0 Å². The van der Waals surface area contributed by atoms with Gasteiger partial charge in [0.15, 0.2) is 0 Å². The number of esters is 1. The summed E-state index contributed by atoms with van der Waals surface area (Å²) in [6.45, 7) is 0. The summed E-state index contributed by atoms with van der Waals surface area (Å²) in [6.07, 6.45) is 13.9. The Bertz CT molecular complexity index is 700. The highest BCUT2D eigenvalue weighted by Gasteiger charge is 2.41. The molecule has 1 aromatic carbocycles. The Hall–Kier alpha value is -1.10. The molecule has 0 bridgehead atoms. The molecule has 5 heteroatoms. The van der Waals surface area contributed by atoms with Gasteiger partial charge in [0, 0.05) is 17.7 Å². The Morgan fingerprint density at radius 1 is 1.06 bits per heavy atom. The van der Waals surface area contributed by atoms with Crippen LogP contribution in [0.1, 0.15) is 113 Å². The van der Waals surface area contributed by atoms with Crippen LogP contribution in [0.4, 0.5) is 0 Å². The monoisotopic (exact) mass is 478 g/mol. The van der Waals surface area contributed by atoms with E-state index in [-0.39, 0.29) is 23.2 Å². The van der Waals surface area contributed by atoms with E-state index in [0.717, 1.165) is 62.0 Å². The van der Waals surface area contributed by atoms with Gasteiger partial charge in [-0.2, -0.15) is 0 Å². The average molecular weight is 479 g/mol. The summed E-state index contributed by atoms with van der Waals surface area (Å²) in [7, 11) is 1.43. The van der Waals surface area contributed by atoms with Crippen LogP contribution in [0.25, 0.3) is 0 Å². The largest absolute Gasteiger partial charge is 0.469 e. The Balaban J connectivity index is 1.49. The second-order valence-corrected chi connectivity index (χ2v) is 10.9. The molecule has 2 aliphatic carbocycles. The molecule has 0 radical (unpaired) electrons. The van der Waals surface area contributed by atoms with Crippen LogP contribution in [-0.4, -0.2) is 34.8 Å². The molecule has 2 N–H and O–H groups in total. The molecule has 5 atom stereocenters. The van der Waals surface area contributed by atoms with Crippen molar-refractivity contribution in [2.24, 2.45) is 11.8 Å². The van der Waals surface area contributed by atoms with Crippen LogP contribution in [-0.2, 0) is 9.53 Å². The molecule has 1 unspecified atom stereocenters. The molecular formula is C28H43ClO4. The van der Waals surface area contributed by atoms with Gasteiger partial charge < -0.3 is 14.9 Å². The van der Waals surface area contributed by atoms with Gasteiger partial charge in [-0.15, -0.1) is 11.6 Å². The Labute approximate surface area is 205 Å². The highest BCUT2D eigenvalue weighted by molar-refractivity contribution is 6.21. The van der Waals surface area contributed by atoms with Crippen LogP contribution in [0.2, 0.25) is 0 Å². The number of carbonyl (C=O) groups is 1. The molecule has 33 heavy (non-hydrogen) atoms. The second-order valence-electron chi connectivity index (χ2n) is 10.3. The van der Waals surface area contributed by atoms with E-state index >= 15 is 0 Å². The zero-order valence-corrected chi connectivity index (χ0v) is 21.0. The lowest BCUT2D eigenvalue weighted by molar-refractivity contribution is -0.140. The summed E-state index contributed by atoms with van der Waals surface area (Å²) < 4.78 is 4.69. The number of benzene rings is 1. The summed E-state index contributed by atoms with van der Waals surface area (Å²) in [5.74, 6) is 0.945. The maximum atomic E-state index is 11.2. The first-order valence-electron chi connectivity index (χ1n) is 13.2. The minimum atomic E-state index is -0.418. The van der Waals surface area contributed by atoms with Gasteiger partial charge in [0.2, 0.25) is 0 Å². The van der Waals surface area contributed by atoms with Crippen LogP contribution in [0.5, 0.6) is 0 Å². The van der Waals surface area contributed by atoms with Crippen molar-refractivity contribution in [2.45, 2.75) is 113 Å². The number of aliphatic hydroxyl groups excluding tert-OH is 2. The number of halogens is 1. The molecule has 186 valence electrons.